The molecule has 7 nitrogen and oxygen atoms in total. The normalized spacial score (nSPS) is 11.1. The van der Waals surface area contributed by atoms with Gasteiger partial charge >= 0.3 is 0 Å². The molecule has 0 saturated heterocycles. The third-order valence-electron chi connectivity index (χ3n) is 3.71. The van der Waals surface area contributed by atoms with Gasteiger partial charge in [0.2, 0.25) is 5.91 Å². The number of rotatable bonds is 10. The number of benzene rings is 2. The van der Waals surface area contributed by atoms with Crippen LogP contribution in [0.3, 0.4) is 0 Å². The Balaban J connectivity index is 2.02. The van der Waals surface area contributed by atoms with E-state index in [0.29, 0.717) is 18.8 Å². The largest absolute Gasteiger partial charge is 0.491 e. The number of methoxy groups -OCH3 is 1. The van der Waals surface area contributed by atoms with E-state index in [0.717, 1.165) is 11.6 Å². The van der Waals surface area contributed by atoms with E-state index < -0.39 is 15.8 Å². The average molecular weight is 410 g/mol. The fourth-order valence-corrected chi connectivity index (χ4v) is 3.44. The highest BCUT2D eigenvalue weighted by atomic mass is 32.2. The number of halogens is 1. The number of carbonyl (C=O) groups is 1. The fourth-order valence-electron chi connectivity index (χ4n) is 2.37. The molecule has 0 heterocycles. The molecule has 152 valence electrons. The molecule has 0 aliphatic heterocycles. The summed E-state index contributed by atoms with van der Waals surface area (Å²) >= 11 is 0. The molecule has 0 atom stereocenters. The molecule has 2 N–H and O–H groups in total. The fraction of sp³-hybridized carbons (Fsp3) is 0.316. The number of nitrogens with one attached hydrogen (secondary N) is 2. The zero-order chi connectivity index (χ0) is 20.6. The highest BCUT2D eigenvalue weighted by Gasteiger charge is 2.17. The highest BCUT2D eigenvalue weighted by Crippen LogP contribution is 2.23. The Morgan fingerprint density at radius 3 is 2.46 bits per heavy atom. The zero-order valence-electron chi connectivity index (χ0n) is 15.7. The maximum atomic E-state index is 13.9. The number of hydrogen-bond acceptors (Lipinski definition) is 5. The van der Waals surface area contributed by atoms with Crippen molar-refractivity contribution >= 4 is 21.6 Å². The molecule has 0 spiro atoms. The van der Waals surface area contributed by atoms with E-state index in [1.165, 1.54) is 12.1 Å². The van der Waals surface area contributed by atoms with Crippen molar-refractivity contribution in [2.24, 2.45) is 0 Å². The van der Waals surface area contributed by atoms with Gasteiger partial charge in [-0.05, 0) is 42.8 Å². The van der Waals surface area contributed by atoms with Gasteiger partial charge in [0.15, 0.2) is 11.6 Å². The molecule has 0 aromatic heterocycles. The summed E-state index contributed by atoms with van der Waals surface area (Å²) in [5, 5.41) is 2.70. The minimum absolute atomic E-state index is 0.00502. The summed E-state index contributed by atoms with van der Waals surface area (Å²) in [4.78, 5) is 11.6. The van der Waals surface area contributed by atoms with Gasteiger partial charge in [-0.15, -0.1) is 0 Å². The quantitative estimate of drug-likeness (QED) is 0.587. The molecule has 28 heavy (non-hydrogen) atoms. The van der Waals surface area contributed by atoms with Gasteiger partial charge in [0.05, 0.1) is 24.5 Å². The Bertz CT molecular complexity index is 901. The van der Waals surface area contributed by atoms with Crippen molar-refractivity contribution in [3.05, 3.63) is 53.8 Å². The number of sulfonamides is 1. The molecular weight excluding hydrogens is 387 g/mol. The van der Waals surface area contributed by atoms with Gasteiger partial charge < -0.3 is 14.8 Å². The van der Waals surface area contributed by atoms with E-state index in [1.807, 2.05) is 0 Å². The lowest BCUT2D eigenvalue weighted by molar-refractivity contribution is -0.120. The van der Waals surface area contributed by atoms with Crippen molar-refractivity contribution in [3.63, 3.8) is 0 Å². The second-order valence-corrected chi connectivity index (χ2v) is 7.53. The van der Waals surface area contributed by atoms with Crippen LogP contribution in [0.5, 0.6) is 5.75 Å². The molecule has 9 heteroatoms. The first-order chi connectivity index (χ1) is 13.4. The van der Waals surface area contributed by atoms with Gasteiger partial charge in [0, 0.05) is 19.3 Å². The van der Waals surface area contributed by atoms with Gasteiger partial charge in [-0.3, -0.25) is 9.52 Å². The molecule has 0 radical (unpaired) electrons. The second-order valence-electron chi connectivity index (χ2n) is 5.85. The van der Waals surface area contributed by atoms with Crippen LogP contribution < -0.4 is 14.8 Å². The van der Waals surface area contributed by atoms with Crippen LogP contribution in [0.4, 0.5) is 10.1 Å². The van der Waals surface area contributed by atoms with Crippen LogP contribution in [0.15, 0.2) is 47.4 Å². The lowest BCUT2D eigenvalue weighted by Gasteiger charge is -2.11. The lowest BCUT2D eigenvalue weighted by Crippen LogP contribution is -2.28. The Hall–Kier alpha value is -2.65. The van der Waals surface area contributed by atoms with Crippen LogP contribution in [0.1, 0.15) is 12.5 Å². The van der Waals surface area contributed by atoms with E-state index in [-0.39, 0.29) is 29.6 Å². The maximum absolute atomic E-state index is 13.9. The zero-order valence-corrected chi connectivity index (χ0v) is 16.5. The van der Waals surface area contributed by atoms with Crippen LogP contribution in [-0.4, -0.2) is 41.2 Å². The summed E-state index contributed by atoms with van der Waals surface area (Å²) in [7, 11) is -2.41. The van der Waals surface area contributed by atoms with Crippen LogP contribution in [0.2, 0.25) is 0 Å². The first kappa shape index (κ1) is 21.6. The van der Waals surface area contributed by atoms with Crippen LogP contribution in [0.25, 0.3) is 0 Å². The van der Waals surface area contributed by atoms with E-state index in [4.69, 9.17) is 9.47 Å². The van der Waals surface area contributed by atoms with Crippen molar-refractivity contribution in [2.75, 3.05) is 31.6 Å². The van der Waals surface area contributed by atoms with E-state index in [2.05, 4.69) is 10.0 Å². The number of ether oxygens (including phenoxy) is 2. The van der Waals surface area contributed by atoms with Crippen LogP contribution in [-0.2, 0) is 26.0 Å². The summed E-state index contributed by atoms with van der Waals surface area (Å²) in [6, 6.07) is 9.83. The van der Waals surface area contributed by atoms with Crippen LogP contribution in [0, 0.1) is 5.82 Å². The van der Waals surface area contributed by atoms with Crippen molar-refractivity contribution in [1.29, 1.82) is 0 Å². The lowest BCUT2D eigenvalue weighted by atomic mass is 10.1. The predicted octanol–water partition coefficient (Wildman–Crippen LogP) is 2.33. The first-order valence-corrected chi connectivity index (χ1v) is 10.1. The molecule has 2 aromatic rings. The smallest absolute Gasteiger partial charge is 0.262 e. The third kappa shape index (κ3) is 6.21. The van der Waals surface area contributed by atoms with E-state index in [9.17, 15) is 17.6 Å². The Kier molecular flexibility index (Phi) is 7.77. The van der Waals surface area contributed by atoms with Crippen LogP contribution >= 0.6 is 0 Å². The van der Waals surface area contributed by atoms with Crippen molar-refractivity contribution in [2.45, 2.75) is 18.2 Å². The minimum atomic E-state index is -3.96. The summed E-state index contributed by atoms with van der Waals surface area (Å²) in [5.41, 5.74) is 1.03. The highest BCUT2D eigenvalue weighted by molar-refractivity contribution is 7.92. The monoisotopic (exact) mass is 410 g/mol. The number of anilines is 1. The summed E-state index contributed by atoms with van der Waals surface area (Å²) in [5.74, 6) is -0.913. The molecule has 0 aliphatic carbocycles. The van der Waals surface area contributed by atoms with Crippen molar-refractivity contribution in [1.82, 2.24) is 5.32 Å². The van der Waals surface area contributed by atoms with E-state index in [1.54, 1.807) is 38.3 Å². The Morgan fingerprint density at radius 1 is 1.14 bits per heavy atom. The standard InChI is InChI=1S/C19H23FN2O5S/c1-3-27-18-9-8-16(13-17(18)20)28(24,25)22-15-6-4-14(5-7-15)12-19(23)21-10-11-26-2/h4-9,13,22H,3,10-12H2,1-2H3,(H,21,23). The Labute approximate surface area is 163 Å². The van der Waals surface area contributed by atoms with Crippen molar-refractivity contribution < 1.29 is 27.1 Å². The number of hydrogen-bond donors (Lipinski definition) is 2. The molecule has 0 saturated carbocycles. The molecule has 1 amide bonds. The Morgan fingerprint density at radius 2 is 1.86 bits per heavy atom. The van der Waals surface area contributed by atoms with Gasteiger partial charge in [0.1, 0.15) is 0 Å². The molecule has 2 aromatic carbocycles. The summed E-state index contributed by atoms with van der Waals surface area (Å²) < 4.78 is 51.1. The van der Waals surface area contributed by atoms with Gasteiger partial charge in [0.25, 0.3) is 10.0 Å². The first-order valence-electron chi connectivity index (χ1n) is 8.65. The van der Waals surface area contributed by atoms with Gasteiger partial charge in [-0.2, -0.15) is 0 Å². The second kappa shape index (κ2) is 10.0. The molecule has 0 aliphatic rings. The van der Waals surface area contributed by atoms with Crippen molar-refractivity contribution in [3.8, 4) is 5.75 Å². The van der Waals surface area contributed by atoms with E-state index >= 15 is 0 Å². The third-order valence-corrected chi connectivity index (χ3v) is 5.09. The molecule has 0 unspecified atom stereocenters. The molecule has 0 fully saturated rings. The predicted molar refractivity (Wildman–Crippen MR) is 103 cm³/mol. The average Bonchev–Trinajstić information content (AvgIpc) is 2.65. The summed E-state index contributed by atoms with van der Waals surface area (Å²) in [6.45, 7) is 2.83. The number of amides is 1. The SMILES string of the molecule is CCOc1ccc(S(=O)(=O)Nc2ccc(CC(=O)NCCOC)cc2)cc1F. The van der Waals surface area contributed by atoms with Gasteiger partial charge in [-0.25, -0.2) is 12.8 Å². The van der Waals surface area contributed by atoms with Gasteiger partial charge in [-0.1, -0.05) is 12.1 Å². The topological polar surface area (TPSA) is 93.7 Å². The number of carbonyl (C=O) groups excluding carboxylic acids is 1. The summed E-state index contributed by atoms with van der Waals surface area (Å²) in [6.07, 6.45) is 0.168. The maximum Gasteiger partial charge on any atom is 0.262 e. The molecular formula is C19H23FN2O5S. The minimum Gasteiger partial charge on any atom is -0.491 e. The molecule has 0 bridgehead atoms. The molecule has 2 rings (SSSR count).